The standard InChI is InChI=1S/C16H19ClN2O2/c1-15(2)10-6-7-16(15,3)12(9-10)19-21-14(20)11-5-4-8-18-13(11)17/h4-5,8,10H,6-7,9H2,1-3H3/b19-12+. The summed E-state index contributed by atoms with van der Waals surface area (Å²) >= 11 is 5.89. The van der Waals surface area contributed by atoms with E-state index in [1.165, 1.54) is 12.6 Å². The Kier molecular flexibility index (Phi) is 3.32. The summed E-state index contributed by atoms with van der Waals surface area (Å²) in [5.74, 6) is 0.0757. The lowest BCUT2D eigenvalue weighted by Gasteiger charge is -2.34. The van der Waals surface area contributed by atoms with Crippen LogP contribution in [0.5, 0.6) is 0 Å². The zero-order valence-corrected chi connectivity index (χ0v) is 13.3. The second-order valence-corrected chi connectivity index (χ2v) is 7.11. The van der Waals surface area contributed by atoms with Gasteiger partial charge >= 0.3 is 5.97 Å². The molecule has 5 heteroatoms. The molecule has 0 spiro atoms. The molecule has 0 N–H and O–H groups in total. The van der Waals surface area contributed by atoms with Crippen molar-refractivity contribution in [1.29, 1.82) is 0 Å². The van der Waals surface area contributed by atoms with Gasteiger partial charge in [-0.15, -0.1) is 0 Å². The number of pyridine rings is 1. The van der Waals surface area contributed by atoms with Crippen molar-refractivity contribution in [3.63, 3.8) is 0 Å². The maximum absolute atomic E-state index is 12.0. The minimum Gasteiger partial charge on any atom is -0.313 e. The number of halogens is 1. The summed E-state index contributed by atoms with van der Waals surface area (Å²) in [4.78, 5) is 21.0. The number of fused-ring (bicyclic) bond motifs is 2. The van der Waals surface area contributed by atoms with Crippen molar-refractivity contribution >= 4 is 23.3 Å². The third-order valence-electron chi connectivity index (χ3n) is 5.73. The van der Waals surface area contributed by atoms with E-state index in [1.807, 2.05) is 0 Å². The molecule has 4 nitrogen and oxygen atoms in total. The Morgan fingerprint density at radius 3 is 2.81 bits per heavy atom. The monoisotopic (exact) mass is 306 g/mol. The van der Waals surface area contributed by atoms with Gasteiger partial charge in [0, 0.05) is 11.6 Å². The Labute approximate surface area is 129 Å². The number of carbonyl (C=O) groups is 1. The molecule has 112 valence electrons. The predicted molar refractivity (Wildman–Crippen MR) is 81.3 cm³/mol. The van der Waals surface area contributed by atoms with Crippen molar-refractivity contribution in [2.24, 2.45) is 21.9 Å². The molecule has 2 atom stereocenters. The molecule has 0 amide bonds. The SMILES string of the molecule is CC12CCC(C/C1=N\OC(=O)c1cccnc1Cl)C2(C)C. The quantitative estimate of drug-likeness (QED) is 0.470. The average molecular weight is 307 g/mol. The van der Waals surface area contributed by atoms with Crippen LogP contribution < -0.4 is 0 Å². The van der Waals surface area contributed by atoms with Gasteiger partial charge in [0.1, 0.15) is 5.15 Å². The summed E-state index contributed by atoms with van der Waals surface area (Å²) < 4.78 is 0. The molecular weight excluding hydrogens is 288 g/mol. The molecule has 1 aromatic heterocycles. The Hall–Kier alpha value is -1.42. The fraction of sp³-hybridized carbons (Fsp3) is 0.562. The number of aromatic nitrogens is 1. The summed E-state index contributed by atoms with van der Waals surface area (Å²) in [5.41, 5.74) is 1.48. The highest BCUT2D eigenvalue weighted by atomic mass is 35.5. The van der Waals surface area contributed by atoms with Crippen molar-refractivity contribution < 1.29 is 9.63 Å². The van der Waals surface area contributed by atoms with Crippen LogP contribution in [-0.2, 0) is 4.84 Å². The molecule has 21 heavy (non-hydrogen) atoms. The summed E-state index contributed by atoms with van der Waals surface area (Å²) in [6.45, 7) is 6.80. The Morgan fingerprint density at radius 1 is 1.48 bits per heavy atom. The van der Waals surface area contributed by atoms with Crippen LogP contribution >= 0.6 is 11.6 Å². The normalized spacial score (nSPS) is 31.6. The van der Waals surface area contributed by atoms with Crippen molar-refractivity contribution in [2.45, 2.75) is 40.0 Å². The Morgan fingerprint density at radius 2 is 2.24 bits per heavy atom. The van der Waals surface area contributed by atoms with Gasteiger partial charge in [0.15, 0.2) is 0 Å². The zero-order valence-electron chi connectivity index (χ0n) is 12.5. The van der Waals surface area contributed by atoms with Crippen LogP contribution in [0.3, 0.4) is 0 Å². The first-order valence-corrected chi connectivity index (χ1v) is 7.63. The number of oxime groups is 1. The molecule has 2 unspecified atom stereocenters. The van der Waals surface area contributed by atoms with Crippen LogP contribution in [0.25, 0.3) is 0 Å². The molecule has 2 fully saturated rings. The third kappa shape index (κ3) is 2.08. The second kappa shape index (κ2) is 4.80. The van der Waals surface area contributed by atoms with Crippen molar-refractivity contribution in [3.05, 3.63) is 29.0 Å². The largest absolute Gasteiger partial charge is 0.368 e. The van der Waals surface area contributed by atoms with E-state index in [1.54, 1.807) is 12.1 Å². The van der Waals surface area contributed by atoms with Crippen LogP contribution in [0.4, 0.5) is 0 Å². The summed E-state index contributed by atoms with van der Waals surface area (Å²) in [6, 6.07) is 3.24. The first kappa shape index (κ1) is 14.5. The minimum absolute atomic E-state index is 0.0245. The first-order chi connectivity index (χ1) is 9.86. The van der Waals surface area contributed by atoms with Crippen LogP contribution in [0.2, 0.25) is 5.15 Å². The van der Waals surface area contributed by atoms with Gasteiger partial charge in [-0.3, -0.25) is 0 Å². The molecule has 0 saturated heterocycles. The molecule has 0 aliphatic heterocycles. The van der Waals surface area contributed by atoms with E-state index in [4.69, 9.17) is 16.4 Å². The second-order valence-electron chi connectivity index (χ2n) is 6.75. The Bertz CT molecular complexity index is 626. The lowest BCUT2D eigenvalue weighted by Crippen LogP contribution is -2.32. The first-order valence-electron chi connectivity index (χ1n) is 7.25. The van der Waals surface area contributed by atoms with Gasteiger partial charge in [0.2, 0.25) is 0 Å². The van der Waals surface area contributed by atoms with Crippen molar-refractivity contribution in [3.8, 4) is 0 Å². The van der Waals surface area contributed by atoms with Gasteiger partial charge < -0.3 is 4.84 Å². The van der Waals surface area contributed by atoms with E-state index in [0.29, 0.717) is 5.92 Å². The third-order valence-corrected chi connectivity index (χ3v) is 6.03. The Balaban J connectivity index is 1.79. The van der Waals surface area contributed by atoms with Crippen LogP contribution in [0, 0.1) is 16.7 Å². The molecule has 1 heterocycles. The molecule has 0 radical (unpaired) electrons. The van der Waals surface area contributed by atoms with Crippen molar-refractivity contribution in [2.75, 3.05) is 0 Å². The maximum atomic E-state index is 12.0. The summed E-state index contributed by atoms with van der Waals surface area (Å²) in [6.07, 6.45) is 4.78. The summed E-state index contributed by atoms with van der Waals surface area (Å²) in [5, 5.41) is 4.31. The van der Waals surface area contributed by atoms with Crippen molar-refractivity contribution in [1.82, 2.24) is 4.98 Å². The molecule has 2 aliphatic carbocycles. The van der Waals surface area contributed by atoms with Gasteiger partial charge in [-0.1, -0.05) is 37.5 Å². The van der Waals surface area contributed by atoms with Gasteiger partial charge in [-0.25, -0.2) is 9.78 Å². The number of hydrogen-bond acceptors (Lipinski definition) is 4. The highest BCUT2D eigenvalue weighted by Gasteiger charge is 2.60. The topological polar surface area (TPSA) is 51.5 Å². The average Bonchev–Trinajstić information content (AvgIpc) is 2.78. The molecular formula is C16H19ClN2O2. The number of hydrogen-bond donors (Lipinski definition) is 0. The van der Waals surface area contributed by atoms with Crippen LogP contribution in [0.15, 0.2) is 23.5 Å². The maximum Gasteiger partial charge on any atom is 0.368 e. The van der Waals surface area contributed by atoms with Crippen LogP contribution in [-0.4, -0.2) is 16.7 Å². The van der Waals surface area contributed by atoms with Gasteiger partial charge in [0.05, 0.1) is 11.3 Å². The van der Waals surface area contributed by atoms with Crippen LogP contribution in [0.1, 0.15) is 50.4 Å². The fourth-order valence-corrected chi connectivity index (χ4v) is 3.95. The van der Waals surface area contributed by atoms with Gasteiger partial charge in [-0.2, -0.15) is 0 Å². The number of carbonyl (C=O) groups excluding carboxylic acids is 1. The zero-order chi connectivity index (χ0) is 15.3. The van der Waals surface area contributed by atoms with Gasteiger partial charge in [-0.05, 0) is 42.7 Å². The van der Waals surface area contributed by atoms with E-state index >= 15 is 0 Å². The van der Waals surface area contributed by atoms with Gasteiger partial charge in [0.25, 0.3) is 0 Å². The predicted octanol–water partition coefficient (Wildman–Crippen LogP) is 4.09. The molecule has 0 aromatic carbocycles. The van der Waals surface area contributed by atoms with E-state index in [0.717, 1.165) is 18.6 Å². The lowest BCUT2D eigenvalue weighted by molar-refractivity contribution is 0.0508. The van der Waals surface area contributed by atoms with E-state index in [9.17, 15) is 4.79 Å². The highest BCUT2D eigenvalue weighted by Crippen LogP contribution is 2.63. The molecule has 1 aromatic rings. The molecule has 2 aliphatic rings. The number of nitrogens with zero attached hydrogens (tertiary/aromatic N) is 2. The smallest absolute Gasteiger partial charge is 0.313 e. The van der Waals surface area contributed by atoms with E-state index in [2.05, 4.69) is 30.9 Å². The highest BCUT2D eigenvalue weighted by molar-refractivity contribution is 6.32. The fourth-order valence-electron chi connectivity index (χ4n) is 3.75. The lowest BCUT2D eigenvalue weighted by atomic mass is 9.70. The molecule has 3 rings (SSSR count). The minimum atomic E-state index is -0.551. The molecule has 2 bridgehead atoms. The molecule has 2 saturated carbocycles. The van der Waals surface area contributed by atoms with E-state index in [-0.39, 0.29) is 21.5 Å². The summed E-state index contributed by atoms with van der Waals surface area (Å²) in [7, 11) is 0. The number of rotatable bonds is 2. The van der Waals surface area contributed by atoms with E-state index < -0.39 is 5.97 Å².